The number of sulfone groups is 1. The van der Waals surface area contributed by atoms with Crippen LogP contribution in [-0.2, 0) is 9.84 Å². The Bertz CT molecular complexity index is 952. The molecule has 0 radical (unpaired) electrons. The highest BCUT2D eigenvalue weighted by atomic mass is 35.5. The van der Waals surface area contributed by atoms with Crippen molar-refractivity contribution in [2.24, 2.45) is 0 Å². The van der Waals surface area contributed by atoms with Gasteiger partial charge >= 0.3 is 0 Å². The number of aliphatic hydroxyl groups excluding tert-OH is 1. The summed E-state index contributed by atoms with van der Waals surface area (Å²) in [5.74, 6) is -0.0754. The molecule has 2 aromatic carbocycles. The molecule has 3 rings (SSSR count). The first-order chi connectivity index (χ1) is 12.0. The molecule has 0 fully saturated rings. The predicted molar refractivity (Wildman–Crippen MR) is 98.2 cm³/mol. The van der Waals surface area contributed by atoms with Gasteiger partial charge in [0.05, 0.1) is 16.3 Å². The third kappa shape index (κ3) is 3.76. The quantitative estimate of drug-likeness (QED) is 0.689. The maximum Gasteiger partial charge on any atom is 0.178 e. The Morgan fingerprint density at radius 2 is 1.68 bits per heavy atom. The minimum atomic E-state index is -3.39. The Hall–Kier alpha value is -2.15. The third-order valence-electron chi connectivity index (χ3n) is 3.86. The Morgan fingerprint density at radius 1 is 1.00 bits per heavy atom. The van der Waals surface area contributed by atoms with E-state index in [1.54, 1.807) is 24.3 Å². The van der Waals surface area contributed by atoms with Crippen molar-refractivity contribution >= 4 is 21.4 Å². The van der Waals surface area contributed by atoms with Gasteiger partial charge in [-0.1, -0.05) is 54.1 Å². The number of H-pyrrole nitrogens is 1. The summed E-state index contributed by atoms with van der Waals surface area (Å²) in [6.45, 7) is -0.148. The minimum Gasteiger partial charge on any atom is -0.396 e. The average Bonchev–Trinajstić information content (AvgIpc) is 3.02. The van der Waals surface area contributed by atoms with Gasteiger partial charge in [0.1, 0.15) is 0 Å². The van der Waals surface area contributed by atoms with E-state index in [0.29, 0.717) is 5.15 Å². The summed E-state index contributed by atoms with van der Waals surface area (Å²) in [7, 11) is -3.39. The number of rotatable bonds is 6. The van der Waals surface area contributed by atoms with Crippen molar-refractivity contribution in [2.45, 2.75) is 11.3 Å². The lowest BCUT2D eigenvalue weighted by Gasteiger charge is -2.07. The Morgan fingerprint density at radius 3 is 2.32 bits per heavy atom. The molecule has 3 aromatic rings. The molecule has 5 nitrogen and oxygen atoms in total. The molecule has 0 spiro atoms. The Labute approximate surface area is 151 Å². The van der Waals surface area contributed by atoms with E-state index < -0.39 is 9.84 Å². The summed E-state index contributed by atoms with van der Waals surface area (Å²) in [4.78, 5) is 0.233. The largest absolute Gasteiger partial charge is 0.396 e. The highest BCUT2D eigenvalue weighted by Gasteiger charge is 2.17. The van der Waals surface area contributed by atoms with Crippen LogP contribution in [0.5, 0.6) is 0 Å². The van der Waals surface area contributed by atoms with Crippen molar-refractivity contribution in [1.29, 1.82) is 0 Å². The van der Waals surface area contributed by atoms with E-state index >= 15 is 0 Å². The molecule has 1 aromatic heterocycles. The summed E-state index contributed by atoms with van der Waals surface area (Å²) >= 11 is 6.23. The zero-order valence-electron chi connectivity index (χ0n) is 13.3. The molecule has 0 atom stereocenters. The number of benzene rings is 2. The molecule has 0 aliphatic heterocycles. The second kappa shape index (κ2) is 7.39. The molecule has 0 unspecified atom stereocenters. The lowest BCUT2D eigenvalue weighted by Crippen LogP contribution is -2.08. The van der Waals surface area contributed by atoms with Gasteiger partial charge in [-0.3, -0.25) is 5.10 Å². The van der Waals surface area contributed by atoms with Crippen molar-refractivity contribution in [1.82, 2.24) is 10.2 Å². The predicted octanol–water partition coefficient (Wildman–Crippen LogP) is 3.55. The van der Waals surface area contributed by atoms with Crippen molar-refractivity contribution in [3.63, 3.8) is 0 Å². The maximum atomic E-state index is 12.2. The van der Waals surface area contributed by atoms with Crippen LogP contribution in [0, 0.1) is 0 Å². The lowest BCUT2D eigenvalue weighted by molar-refractivity contribution is 0.295. The summed E-state index contributed by atoms with van der Waals surface area (Å²) in [5.41, 5.74) is 3.23. The van der Waals surface area contributed by atoms with Crippen LogP contribution in [0.15, 0.2) is 59.5 Å². The van der Waals surface area contributed by atoms with Crippen LogP contribution in [-0.4, -0.2) is 36.1 Å². The normalized spacial score (nSPS) is 11.6. The van der Waals surface area contributed by atoms with Gasteiger partial charge in [-0.15, -0.1) is 0 Å². The van der Waals surface area contributed by atoms with Gasteiger partial charge in [-0.25, -0.2) is 8.42 Å². The van der Waals surface area contributed by atoms with Crippen molar-refractivity contribution < 1.29 is 13.5 Å². The number of nitrogens with zero attached hydrogens (tertiary/aromatic N) is 1. The van der Waals surface area contributed by atoms with Crippen LogP contribution in [0.3, 0.4) is 0 Å². The highest BCUT2D eigenvalue weighted by Crippen LogP contribution is 2.35. The first kappa shape index (κ1) is 17.7. The number of hydrogen-bond acceptors (Lipinski definition) is 4. The third-order valence-corrected chi connectivity index (χ3v) is 5.95. The first-order valence-corrected chi connectivity index (χ1v) is 9.79. The van der Waals surface area contributed by atoms with Crippen LogP contribution < -0.4 is 0 Å². The van der Waals surface area contributed by atoms with Crippen molar-refractivity contribution in [2.75, 3.05) is 12.4 Å². The number of nitrogens with one attached hydrogen (secondary N) is 1. The van der Waals surface area contributed by atoms with Crippen molar-refractivity contribution in [3.8, 4) is 22.4 Å². The number of aliphatic hydroxyl groups is 1. The maximum absolute atomic E-state index is 12.2. The smallest absolute Gasteiger partial charge is 0.178 e. The van der Waals surface area contributed by atoms with Gasteiger partial charge in [0.25, 0.3) is 0 Å². The van der Waals surface area contributed by atoms with E-state index in [1.807, 2.05) is 30.3 Å². The first-order valence-electron chi connectivity index (χ1n) is 7.76. The highest BCUT2D eigenvalue weighted by molar-refractivity contribution is 7.91. The molecular formula is C18H17ClN2O3S. The van der Waals surface area contributed by atoms with E-state index in [2.05, 4.69) is 10.2 Å². The fourth-order valence-corrected chi connectivity index (χ4v) is 4.14. The Kier molecular flexibility index (Phi) is 5.22. The summed E-state index contributed by atoms with van der Waals surface area (Å²) in [5, 5.41) is 16.2. The van der Waals surface area contributed by atoms with Gasteiger partial charge in [-0.05, 0) is 24.1 Å². The van der Waals surface area contributed by atoms with E-state index in [0.717, 1.165) is 22.4 Å². The fraction of sp³-hybridized carbons (Fsp3) is 0.167. The molecule has 0 amide bonds. The second-order valence-electron chi connectivity index (χ2n) is 5.55. The molecule has 0 aliphatic carbocycles. The lowest BCUT2D eigenvalue weighted by atomic mass is 10.0. The van der Waals surface area contributed by atoms with Crippen molar-refractivity contribution in [3.05, 3.63) is 59.8 Å². The van der Waals surface area contributed by atoms with Gasteiger partial charge in [0.15, 0.2) is 15.0 Å². The molecule has 7 heteroatoms. The summed E-state index contributed by atoms with van der Waals surface area (Å²) in [6, 6.07) is 16.2. The molecule has 0 bridgehead atoms. The van der Waals surface area contributed by atoms with Crippen LogP contribution in [0.2, 0.25) is 5.15 Å². The monoisotopic (exact) mass is 376 g/mol. The second-order valence-corrected chi connectivity index (χ2v) is 8.02. The number of aromatic amines is 1. The van der Waals surface area contributed by atoms with Crippen LogP contribution >= 0.6 is 11.6 Å². The SMILES string of the molecule is O=S(=O)(CCCO)c1ccc(-c2[nH]nc(Cl)c2-c2ccccc2)cc1. The topological polar surface area (TPSA) is 83.0 Å². The molecule has 130 valence electrons. The molecule has 0 saturated heterocycles. The Balaban J connectivity index is 1.97. The summed E-state index contributed by atoms with van der Waals surface area (Å²) in [6.07, 6.45) is 0.221. The number of halogens is 1. The average molecular weight is 377 g/mol. The van der Waals surface area contributed by atoms with Gasteiger partial charge in [0, 0.05) is 17.7 Å². The summed E-state index contributed by atoms with van der Waals surface area (Å²) < 4.78 is 24.4. The number of hydrogen-bond donors (Lipinski definition) is 2. The molecule has 0 aliphatic rings. The van der Waals surface area contributed by atoms with Gasteiger partial charge in [-0.2, -0.15) is 5.10 Å². The van der Waals surface area contributed by atoms with E-state index in [1.165, 1.54) is 0 Å². The van der Waals surface area contributed by atoms with Crippen LogP contribution in [0.25, 0.3) is 22.4 Å². The molecule has 25 heavy (non-hydrogen) atoms. The fourth-order valence-electron chi connectivity index (χ4n) is 2.60. The van der Waals surface area contributed by atoms with E-state index in [-0.39, 0.29) is 23.7 Å². The van der Waals surface area contributed by atoms with Crippen LogP contribution in [0.1, 0.15) is 6.42 Å². The molecular weight excluding hydrogens is 360 g/mol. The van der Waals surface area contributed by atoms with E-state index in [4.69, 9.17) is 16.7 Å². The zero-order valence-corrected chi connectivity index (χ0v) is 14.9. The number of aromatic nitrogens is 2. The minimum absolute atomic E-state index is 0.0754. The molecule has 0 saturated carbocycles. The molecule has 2 N–H and O–H groups in total. The molecule has 1 heterocycles. The van der Waals surface area contributed by atoms with Gasteiger partial charge < -0.3 is 5.11 Å². The standard InChI is InChI=1S/C18H17ClN2O3S/c19-18-16(13-5-2-1-3-6-13)17(20-21-18)14-7-9-15(10-8-14)25(23,24)12-4-11-22/h1-3,5-10,22H,4,11-12H2,(H,20,21). The van der Waals surface area contributed by atoms with E-state index in [9.17, 15) is 8.42 Å². The van der Waals surface area contributed by atoms with Crippen LogP contribution in [0.4, 0.5) is 0 Å². The van der Waals surface area contributed by atoms with Gasteiger partial charge in [0.2, 0.25) is 0 Å². The zero-order chi connectivity index (χ0) is 17.9.